The van der Waals surface area contributed by atoms with E-state index in [0.717, 1.165) is 73.3 Å². The van der Waals surface area contributed by atoms with Gasteiger partial charge in [-0.2, -0.15) is 0 Å². The minimum Gasteiger partial charge on any atom is -0.442 e. The zero-order valence-electron chi connectivity index (χ0n) is 48.1. The van der Waals surface area contributed by atoms with E-state index in [-0.39, 0.29) is 11.3 Å². The average Bonchev–Trinajstić information content (AvgIpc) is 1.51. The maximum absolute atomic E-state index is 5.70. The molecule has 414 valence electrons. The molecule has 87 heavy (non-hydrogen) atoms. The van der Waals surface area contributed by atoms with Crippen LogP contribution in [0.5, 0.6) is 0 Å². The van der Waals surface area contributed by atoms with Gasteiger partial charge in [0.05, 0.1) is 45.4 Å². The van der Waals surface area contributed by atoms with Crippen molar-refractivity contribution >= 4 is 77.7 Å². The third kappa shape index (κ3) is 8.12. The molecule has 3 atom stereocenters. The summed E-state index contributed by atoms with van der Waals surface area (Å²) < 4.78 is 5.11. The standard InChI is InChI=1S/C79H57N8/c1-79(2)62-38-20-17-35-58(62)67-70(79)68-59-36-18-21-39-64(59)87(72(68)69-60-37-19-22-40-65(60)86(71(67)69)63-41-23-33-51-26-15-16-34-57(51)63)66-47-46-56(48-61(66)78-84-74(53-29-11-5-12-30-53)81-75(85-78)54-31-13-6-14-32-54)77-82-73(52-27-9-4-10-28-52)80-76(83-77)55-44-42-50(43-45-55)49-24-7-3-8-25-49/h3-31,33-48,54,75-76H,32H2,1-2H3,(H-,80,81,82,83,84,85)/q-1. The van der Waals surface area contributed by atoms with E-state index in [1.165, 1.54) is 60.1 Å². The highest BCUT2D eigenvalue weighted by molar-refractivity contribution is 6.32. The highest BCUT2D eigenvalue weighted by Crippen LogP contribution is 2.58. The maximum atomic E-state index is 5.70. The van der Waals surface area contributed by atoms with Gasteiger partial charge in [-0.1, -0.05) is 256 Å². The Morgan fingerprint density at radius 2 is 1.10 bits per heavy atom. The van der Waals surface area contributed by atoms with E-state index in [2.05, 4.69) is 277 Å². The van der Waals surface area contributed by atoms with Crippen LogP contribution >= 0.6 is 0 Å². The Morgan fingerprint density at radius 1 is 0.483 bits per heavy atom. The van der Waals surface area contributed by atoms with E-state index in [1.54, 1.807) is 0 Å². The Hall–Kier alpha value is -11.0. The minimum absolute atomic E-state index is 0.0217. The molecule has 13 aromatic rings. The molecule has 0 amide bonds. The van der Waals surface area contributed by atoms with Crippen LogP contribution in [0.15, 0.2) is 293 Å². The first kappa shape index (κ1) is 50.5. The SMILES string of the molecule is CC1(C)c2ccccc2-c2c1c1c3ccccc3n(-c3ccc(C4=NC(c5ccccc5)=NC(c5ccc(-c6ccccc6)cc5)N4)cc3C3=NC(C4C=CC=CC4)[N-]C(c4ccccc4)=N3)c1c1c3ccccc3n(-c3cccc4ccccc34)c21. The van der Waals surface area contributed by atoms with Gasteiger partial charge in [0.2, 0.25) is 0 Å². The number of nitrogens with zero attached hydrogens (tertiary/aromatic N) is 7. The molecule has 4 heterocycles. The minimum atomic E-state index is -0.443. The van der Waals surface area contributed by atoms with Crippen LogP contribution in [0.2, 0.25) is 0 Å². The molecule has 1 N–H and O–H groups in total. The van der Waals surface area contributed by atoms with Crippen LogP contribution < -0.4 is 5.32 Å². The van der Waals surface area contributed by atoms with Gasteiger partial charge in [0.15, 0.2) is 5.84 Å². The van der Waals surface area contributed by atoms with Crippen molar-refractivity contribution in [1.29, 1.82) is 0 Å². The smallest absolute Gasteiger partial charge is 0.159 e. The lowest BCUT2D eigenvalue weighted by Gasteiger charge is -2.36. The van der Waals surface area contributed by atoms with Gasteiger partial charge in [-0.15, -0.1) is 0 Å². The number of allylic oxidation sites excluding steroid dienone is 3. The number of aliphatic imine (C=N–C) groups is 4. The third-order valence-corrected chi connectivity index (χ3v) is 18.2. The fourth-order valence-electron chi connectivity index (χ4n) is 14.2. The summed E-state index contributed by atoms with van der Waals surface area (Å²) in [6.07, 6.45) is 8.63. The van der Waals surface area contributed by atoms with Crippen LogP contribution in [0.25, 0.3) is 93.3 Å². The molecule has 0 spiro atoms. The lowest BCUT2D eigenvalue weighted by Crippen LogP contribution is -2.34. The highest BCUT2D eigenvalue weighted by atomic mass is 15.2. The maximum Gasteiger partial charge on any atom is 0.159 e. The number of para-hydroxylation sites is 2. The average molecular weight is 1120 g/mol. The van der Waals surface area contributed by atoms with Crippen molar-refractivity contribution in [2.24, 2.45) is 25.9 Å². The lowest BCUT2D eigenvalue weighted by atomic mass is 9.80. The van der Waals surface area contributed by atoms with Gasteiger partial charge < -0.3 is 24.8 Å². The number of amidine groups is 4. The molecule has 3 unspecified atom stereocenters. The molecular weight excluding hydrogens is 1060 g/mol. The summed E-state index contributed by atoms with van der Waals surface area (Å²) in [6.45, 7) is 4.84. The Morgan fingerprint density at radius 3 is 1.85 bits per heavy atom. The Kier molecular flexibility index (Phi) is 11.7. The topological polar surface area (TPSA) is 85.4 Å². The number of rotatable bonds is 9. The second kappa shape index (κ2) is 20.1. The van der Waals surface area contributed by atoms with Gasteiger partial charge in [-0.3, -0.25) is 4.99 Å². The molecule has 2 aliphatic carbocycles. The number of hydrogen-bond donors (Lipinski definition) is 1. The number of aromatic nitrogens is 2. The quantitative estimate of drug-likeness (QED) is 0.153. The summed E-state index contributed by atoms with van der Waals surface area (Å²) in [4.78, 5) is 22.1. The summed E-state index contributed by atoms with van der Waals surface area (Å²) >= 11 is 0. The van der Waals surface area contributed by atoms with Gasteiger partial charge in [-0.05, 0) is 87.1 Å². The van der Waals surface area contributed by atoms with E-state index in [0.29, 0.717) is 23.3 Å². The molecule has 4 aliphatic rings. The lowest BCUT2D eigenvalue weighted by molar-refractivity contribution is 0.570. The number of fused-ring (bicyclic) bond motifs is 13. The van der Waals surface area contributed by atoms with Crippen molar-refractivity contribution in [1.82, 2.24) is 14.5 Å². The number of hydrogen-bond acceptors (Lipinski definition) is 5. The molecular formula is C79H57N8-. The van der Waals surface area contributed by atoms with Crippen LogP contribution in [0.3, 0.4) is 0 Å². The molecule has 0 radical (unpaired) electrons. The Labute approximate surface area is 504 Å². The van der Waals surface area contributed by atoms with E-state index < -0.39 is 12.3 Å². The predicted molar refractivity (Wildman–Crippen MR) is 361 cm³/mol. The van der Waals surface area contributed by atoms with E-state index in [1.807, 2.05) is 24.3 Å². The van der Waals surface area contributed by atoms with Crippen LogP contribution in [-0.4, -0.2) is 38.6 Å². The van der Waals surface area contributed by atoms with Crippen molar-refractivity contribution in [3.8, 4) is 33.6 Å². The Balaban J connectivity index is 0.973. The summed E-state index contributed by atoms with van der Waals surface area (Å²) in [6, 6.07) is 89.3. The normalized spacial score (nSPS) is 17.6. The molecule has 0 fully saturated rings. The second-order valence-electron chi connectivity index (χ2n) is 23.6. The molecule has 8 nitrogen and oxygen atoms in total. The van der Waals surface area contributed by atoms with E-state index in [9.17, 15) is 0 Å². The molecule has 0 bridgehead atoms. The van der Waals surface area contributed by atoms with Crippen LogP contribution in [0.1, 0.15) is 65.4 Å². The van der Waals surface area contributed by atoms with Gasteiger partial charge in [0, 0.05) is 60.5 Å². The molecule has 0 saturated heterocycles. The number of nitrogens with one attached hydrogen (secondary N) is 1. The zero-order valence-corrected chi connectivity index (χ0v) is 48.1. The Bertz CT molecular complexity index is 5150. The molecule has 11 aromatic carbocycles. The zero-order chi connectivity index (χ0) is 57.7. The van der Waals surface area contributed by atoms with Crippen molar-refractivity contribution in [2.75, 3.05) is 0 Å². The van der Waals surface area contributed by atoms with Gasteiger partial charge >= 0.3 is 0 Å². The fourth-order valence-corrected chi connectivity index (χ4v) is 14.2. The van der Waals surface area contributed by atoms with Crippen LogP contribution in [-0.2, 0) is 5.41 Å². The summed E-state index contributed by atoms with van der Waals surface area (Å²) in [7, 11) is 0. The van der Waals surface area contributed by atoms with Gasteiger partial charge in [-0.25, -0.2) is 9.98 Å². The first-order valence-corrected chi connectivity index (χ1v) is 30.1. The second-order valence-corrected chi connectivity index (χ2v) is 23.6. The summed E-state index contributed by atoms with van der Waals surface area (Å²) in [5, 5.41) is 16.4. The molecule has 2 aliphatic heterocycles. The predicted octanol–water partition coefficient (Wildman–Crippen LogP) is 18.5. The molecule has 17 rings (SSSR count). The van der Waals surface area contributed by atoms with Crippen LogP contribution in [0, 0.1) is 5.92 Å². The van der Waals surface area contributed by atoms with Gasteiger partial charge in [0.1, 0.15) is 12.0 Å². The number of benzene rings is 11. The van der Waals surface area contributed by atoms with Crippen LogP contribution in [0.4, 0.5) is 0 Å². The van der Waals surface area contributed by atoms with Crippen molar-refractivity contribution in [2.45, 2.75) is 38.0 Å². The van der Waals surface area contributed by atoms with E-state index >= 15 is 0 Å². The molecule has 0 saturated carbocycles. The van der Waals surface area contributed by atoms with Crippen molar-refractivity contribution in [3.05, 3.63) is 317 Å². The van der Waals surface area contributed by atoms with E-state index in [4.69, 9.17) is 25.3 Å². The third-order valence-electron chi connectivity index (χ3n) is 18.2. The molecule has 8 heteroatoms. The van der Waals surface area contributed by atoms with Crippen molar-refractivity contribution < 1.29 is 0 Å². The molecule has 2 aromatic heterocycles. The highest BCUT2D eigenvalue weighted by Gasteiger charge is 2.42. The largest absolute Gasteiger partial charge is 0.442 e. The van der Waals surface area contributed by atoms with Gasteiger partial charge in [0.25, 0.3) is 0 Å². The summed E-state index contributed by atoms with van der Waals surface area (Å²) in [5.41, 5.74) is 18.3. The monoisotopic (exact) mass is 1120 g/mol. The van der Waals surface area contributed by atoms with Crippen molar-refractivity contribution in [3.63, 3.8) is 0 Å². The first-order chi connectivity index (χ1) is 42.9. The first-order valence-electron chi connectivity index (χ1n) is 30.1. The summed E-state index contributed by atoms with van der Waals surface area (Å²) in [5.74, 6) is 2.61. The fraction of sp³-hybridized carbons (Fsp3) is 0.0886.